The Morgan fingerprint density at radius 2 is 1.69 bits per heavy atom. The maximum absolute atomic E-state index is 12.9. The van der Waals surface area contributed by atoms with Crippen LogP contribution in [0.3, 0.4) is 0 Å². The molecule has 1 saturated heterocycles. The molecule has 0 radical (unpaired) electrons. The smallest absolute Gasteiger partial charge is 0.295 e. The molecule has 0 aliphatic carbocycles. The number of aliphatic hydroxyl groups is 1. The first-order valence-electron chi connectivity index (χ1n) is 9.99. The van der Waals surface area contributed by atoms with Crippen LogP contribution in [0, 0.1) is 0 Å². The summed E-state index contributed by atoms with van der Waals surface area (Å²) >= 11 is 3.38. The summed E-state index contributed by atoms with van der Waals surface area (Å²) in [6.07, 6.45) is 1.71. The molecule has 5 heteroatoms. The number of aliphatic hydroxyl groups excluding tert-OH is 1. The van der Waals surface area contributed by atoms with E-state index in [0.29, 0.717) is 18.0 Å². The summed E-state index contributed by atoms with van der Waals surface area (Å²) in [5.41, 5.74) is 2.70. The minimum atomic E-state index is -0.626. The normalized spacial score (nSPS) is 18.7. The quantitative estimate of drug-likeness (QED) is 0.340. The second kappa shape index (κ2) is 8.95. The molecule has 2 aromatic rings. The van der Waals surface area contributed by atoms with Crippen molar-refractivity contribution in [2.24, 2.45) is 0 Å². The average Bonchev–Trinajstić information content (AvgIpc) is 2.97. The molecule has 0 bridgehead atoms. The first-order chi connectivity index (χ1) is 13.8. The van der Waals surface area contributed by atoms with Gasteiger partial charge in [-0.05, 0) is 35.6 Å². The molecular weight excluding hydrogens is 430 g/mol. The number of ketones is 1. The van der Waals surface area contributed by atoms with Gasteiger partial charge in [-0.15, -0.1) is 0 Å². The van der Waals surface area contributed by atoms with E-state index in [1.807, 2.05) is 31.2 Å². The summed E-state index contributed by atoms with van der Waals surface area (Å²) in [7, 11) is 0. The Hall–Kier alpha value is -2.40. The van der Waals surface area contributed by atoms with E-state index in [1.165, 1.54) is 5.56 Å². The number of nitrogens with zero attached hydrogens (tertiary/aromatic N) is 1. The lowest BCUT2D eigenvalue weighted by atomic mass is 9.93. The zero-order valence-electron chi connectivity index (χ0n) is 17.0. The number of Topliss-reactive ketones (excluding diaryl/α,β-unsaturated/α-hetero) is 1. The molecule has 3 rings (SSSR count). The van der Waals surface area contributed by atoms with E-state index in [-0.39, 0.29) is 11.3 Å². The fourth-order valence-corrected chi connectivity index (χ4v) is 3.88. The number of halogens is 1. The molecular formula is C24H26BrNO3. The molecule has 4 nitrogen and oxygen atoms in total. The summed E-state index contributed by atoms with van der Waals surface area (Å²) in [6.45, 7) is 6.77. The predicted molar refractivity (Wildman–Crippen MR) is 119 cm³/mol. The maximum Gasteiger partial charge on any atom is 0.295 e. The summed E-state index contributed by atoms with van der Waals surface area (Å²) in [5.74, 6) is -0.916. The van der Waals surface area contributed by atoms with Gasteiger partial charge in [-0.25, -0.2) is 0 Å². The molecule has 1 aliphatic heterocycles. The third-order valence-electron chi connectivity index (χ3n) is 5.33. The number of hydrogen-bond donors (Lipinski definition) is 1. The molecule has 1 atom stereocenters. The lowest BCUT2D eigenvalue weighted by molar-refractivity contribution is -0.139. The third-order valence-corrected chi connectivity index (χ3v) is 5.86. The topological polar surface area (TPSA) is 57.6 Å². The van der Waals surface area contributed by atoms with Crippen molar-refractivity contribution in [1.82, 2.24) is 4.90 Å². The largest absolute Gasteiger partial charge is 0.507 e. The summed E-state index contributed by atoms with van der Waals surface area (Å²) in [4.78, 5) is 27.3. The monoisotopic (exact) mass is 455 g/mol. The molecule has 29 heavy (non-hydrogen) atoms. The number of hydrogen-bond acceptors (Lipinski definition) is 3. The Morgan fingerprint density at radius 3 is 2.24 bits per heavy atom. The highest BCUT2D eigenvalue weighted by Gasteiger charge is 2.45. The van der Waals surface area contributed by atoms with Gasteiger partial charge < -0.3 is 10.0 Å². The number of carbonyl (C=O) groups is 2. The highest BCUT2D eigenvalue weighted by molar-refractivity contribution is 9.10. The standard InChI is InChI=1S/C24H26BrNO3/c1-4-5-14-26-21(17-8-6-16(7-9-17)15(2)3)20(23(28)24(26)29)22(27)18-10-12-19(25)13-11-18/h6-13,15,21,27H,4-5,14H2,1-3H3/b22-20-. The van der Waals surface area contributed by atoms with E-state index >= 15 is 0 Å². The summed E-state index contributed by atoms with van der Waals surface area (Å²) in [5, 5.41) is 11.0. The number of benzene rings is 2. The van der Waals surface area contributed by atoms with Gasteiger partial charge in [0.05, 0.1) is 11.6 Å². The number of unbranched alkanes of at least 4 members (excludes halogenated alkanes) is 1. The van der Waals surface area contributed by atoms with Crippen molar-refractivity contribution in [3.8, 4) is 0 Å². The van der Waals surface area contributed by atoms with Crippen molar-refractivity contribution in [1.29, 1.82) is 0 Å². The van der Waals surface area contributed by atoms with Gasteiger partial charge in [0.15, 0.2) is 0 Å². The van der Waals surface area contributed by atoms with E-state index in [4.69, 9.17) is 0 Å². The molecule has 0 aromatic heterocycles. The molecule has 0 spiro atoms. The Labute approximate surface area is 180 Å². The molecule has 1 N–H and O–H groups in total. The minimum absolute atomic E-state index is 0.132. The van der Waals surface area contributed by atoms with E-state index in [2.05, 4.69) is 29.8 Å². The van der Waals surface area contributed by atoms with Crippen LogP contribution in [0.2, 0.25) is 0 Å². The Bertz CT molecular complexity index is 930. The van der Waals surface area contributed by atoms with Crippen molar-refractivity contribution < 1.29 is 14.7 Å². The van der Waals surface area contributed by atoms with Crippen LogP contribution in [0.25, 0.3) is 5.76 Å². The predicted octanol–water partition coefficient (Wildman–Crippen LogP) is 5.79. The molecule has 1 aliphatic rings. The van der Waals surface area contributed by atoms with Gasteiger partial charge in [-0.1, -0.05) is 79.5 Å². The van der Waals surface area contributed by atoms with Crippen LogP contribution in [0.15, 0.2) is 58.6 Å². The lowest BCUT2D eigenvalue weighted by Gasteiger charge is -2.25. The number of carbonyl (C=O) groups excluding carboxylic acids is 2. The maximum atomic E-state index is 12.9. The van der Waals surface area contributed by atoms with E-state index in [0.717, 1.165) is 22.9 Å². The molecule has 0 saturated carbocycles. The van der Waals surface area contributed by atoms with E-state index in [9.17, 15) is 14.7 Å². The fourth-order valence-electron chi connectivity index (χ4n) is 3.61. The summed E-state index contributed by atoms with van der Waals surface area (Å²) in [6, 6.07) is 14.5. The zero-order valence-corrected chi connectivity index (χ0v) is 18.6. The van der Waals surface area contributed by atoms with Crippen molar-refractivity contribution in [3.05, 3.63) is 75.3 Å². The summed E-state index contributed by atoms with van der Waals surface area (Å²) < 4.78 is 0.873. The van der Waals surface area contributed by atoms with Gasteiger partial charge in [0, 0.05) is 16.6 Å². The van der Waals surface area contributed by atoms with Gasteiger partial charge in [0.25, 0.3) is 11.7 Å². The van der Waals surface area contributed by atoms with Crippen LogP contribution in [-0.4, -0.2) is 28.2 Å². The van der Waals surface area contributed by atoms with Crippen molar-refractivity contribution in [2.75, 3.05) is 6.54 Å². The van der Waals surface area contributed by atoms with Gasteiger partial charge in [0.2, 0.25) is 0 Å². The highest BCUT2D eigenvalue weighted by atomic mass is 79.9. The van der Waals surface area contributed by atoms with E-state index < -0.39 is 17.7 Å². The van der Waals surface area contributed by atoms with E-state index in [1.54, 1.807) is 29.2 Å². The lowest BCUT2D eigenvalue weighted by Crippen LogP contribution is -2.30. The van der Waals surface area contributed by atoms with Gasteiger partial charge in [-0.3, -0.25) is 9.59 Å². The Kier molecular flexibility index (Phi) is 6.58. The molecule has 1 unspecified atom stereocenters. The first kappa shape index (κ1) is 21.3. The number of rotatable bonds is 6. The fraction of sp³-hybridized carbons (Fsp3) is 0.333. The SMILES string of the molecule is CCCCN1C(=O)C(=O)/C(=C(\O)c2ccc(Br)cc2)C1c1ccc(C(C)C)cc1. The zero-order chi connectivity index (χ0) is 21.1. The average molecular weight is 456 g/mol. The number of likely N-dealkylation sites (tertiary alicyclic amines) is 1. The van der Waals surface area contributed by atoms with Gasteiger partial charge in [0.1, 0.15) is 5.76 Å². The van der Waals surface area contributed by atoms with Crippen LogP contribution in [0.4, 0.5) is 0 Å². The molecule has 1 heterocycles. The van der Waals surface area contributed by atoms with Crippen LogP contribution in [-0.2, 0) is 9.59 Å². The van der Waals surface area contributed by atoms with Gasteiger partial charge in [-0.2, -0.15) is 0 Å². The van der Waals surface area contributed by atoms with Crippen LogP contribution < -0.4 is 0 Å². The number of amides is 1. The highest BCUT2D eigenvalue weighted by Crippen LogP contribution is 2.40. The van der Waals surface area contributed by atoms with Crippen molar-refractivity contribution in [3.63, 3.8) is 0 Å². The second-order valence-corrected chi connectivity index (χ2v) is 8.59. The van der Waals surface area contributed by atoms with Gasteiger partial charge >= 0.3 is 0 Å². The first-order valence-corrected chi connectivity index (χ1v) is 10.8. The third kappa shape index (κ3) is 4.30. The molecule has 152 valence electrons. The Morgan fingerprint density at radius 1 is 1.07 bits per heavy atom. The van der Waals surface area contributed by atoms with Crippen LogP contribution >= 0.6 is 15.9 Å². The van der Waals surface area contributed by atoms with Crippen LogP contribution in [0.1, 0.15) is 62.3 Å². The molecule has 1 amide bonds. The molecule has 2 aromatic carbocycles. The molecule has 1 fully saturated rings. The van der Waals surface area contributed by atoms with Crippen molar-refractivity contribution >= 4 is 33.4 Å². The second-order valence-electron chi connectivity index (χ2n) is 7.67. The van der Waals surface area contributed by atoms with Crippen molar-refractivity contribution in [2.45, 2.75) is 45.6 Å². The Balaban J connectivity index is 2.13. The minimum Gasteiger partial charge on any atom is -0.507 e. The van der Waals surface area contributed by atoms with Crippen LogP contribution in [0.5, 0.6) is 0 Å².